The van der Waals surface area contributed by atoms with E-state index in [0.717, 1.165) is 40.4 Å². The SMILES string of the molecule is CCn1c2ccccc2c2nnc(SCC(=O)NNC(C)=O)nc21. The van der Waals surface area contributed by atoms with E-state index in [9.17, 15) is 9.59 Å². The molecule has 0 unspecified atom stereocenters. The number of fused-ring (bicyclic) bond motifs is 3. The van der Waals surface area contributed by atoms with Crippen molar-refractivity contribution in [3.63, 3.8) is 0 Å². The van der Waals surface area contributed by atoms with Crippen LogP contribution in [0.5, 0.6) is 0 Å². The second kappa shape index (κ2) is 6.83. The van der Waals surface area contributed by atoms with Crippen LogP contribution in [0.15, 0.2) is 29.4 Å². The number of carbonyl (C=O) groups is 2. The minimum Gasteiger partial charge on any atom is -0.324 e. The molecule has 2 aromatic heterocycles. The quantitative estimate of drug-likeness (QED) is 0.546. The summed E-state index contributed by atoms with van der Waals surface area (Å²) < 4.78 is 2.07. The van der Waals surface area contributed by atoms with Crippen molar-refractivity contribution in [3.05, 3.63) is 24.3 Å². The Morgan fingerprint density at radius 1 is 1.21 bits per heavy atom. The lowest BCUT2D eigenvalue weighted by Gasteiger charge is -2.04. The summed E-state index contributed by atoms with van der Waals surface area (Å²) in [6.45, 7) is 4.12. The van der Waals surface area contributed by atoms with Crippen molar-refractivity contribution in [2.24, 2.45) is 0 Å². The fourth-order valence-electron chi connectivity index (χ4n) is 2.39. The minimum absolute atomic E-state index is 0.0832. The fourth-order valence-corrected chi connectivity index (χ4v) is 2.98. The summed E-state index contributed by atoms with van der Waals surface area (Å²) in [5.74, 6) is -0.588. The first-order chi connectivity index (χ1) is 11.6. The highest BCUT2D eigenvalue weighted by Gasteiger charge is 2.14. The number of hydrogen-bond donors (Lipinski definition) is 2. The van der Waals surface area contributed by atoms with Crippen LogP contribution in [-0.2, 0) is 16.1 Å². The highest BCUT2D eigenvalue weighted by molar-refractivity contribution is 7.99. The molecule has 0 spiro atoms. The number of amides is 2. The average Bonchev–Trinajstić information content (AvgIpc) is 2.91. The Kier molecular flexibility index (Phi) is 4.61. The molecule has 0 aliphatic rings. The summed E-state index contributed by atoms with van der Waals surface area (Å²) >= 11 is 1.16. The maximum Gasteiger partial charge on any atom is 0.248 e. The second-order valence-corrected chi connectivity index (χ2v) is 5.99. The van der Waals surface area contributed by atoms with Gasteiger partial charge >= 0.3 is 0 Å². The Morgan fingerprint density at radius 3 is 2.75 bits per heavy atom. The number of aryl methyl sites for hydroxylation is 1. The molecule has 0 atom stereocenters. The maximum absolute atomic E-state index is 11.6. The second-order valence-electron chi connectivity index (χ2n) is 5.05. The van der Waals surface area contributed by atoms with Crippen molar-refractivity contribution in [3.8, 4) is 0 Å². The van der Waals surface area contributed by atoms with Crippen LogP contribution in [0, 0.1) is 0 Å². The standard InChI is InChI=1S/C15H16N6O2S/c1-3-21-11-7-5-4-6-10(11)13-14(21)16-15(20-19-13)24-8-12(23)18-17-9(2)22/h4-7H,3,8H2,1-2H3,(H,17,22)(H,18,23). The molecule has 24 heavy (non-hydrogen) atoms. The Bertz CT molecular complexity index is 923. The molecule has 3 rings (SSSR count). The van der Waals surface area contributed by atoms with Crippen LogP contribution in [-0.4, -0.2) is 37.3 Å². The van der Waals surface area contributed by atoms with Gasteiger partial charge in [-0.15, -0.1) is 10.2 Å². The number of carbonyl (C=O) groups excluding carboxylic acids is 2. The normalized spacial score (nSPS) is 10.9. The Labute approximate surface area is 142 Å². The first-order valence-electron chi connectivity index (χ1n) is 7.40. The third-order valence-corrected chi connectivity index (χ3v) is 4.22. The van der Waals surface area contributed by atoms with E-state index in [1.807, 2.05) is 31.2 Å². The van der Waals surface area contributed by atoms with Gasteiger partial charge in [0.1, 0.15) is 5.52 Å². The molecule has 2 N–H and O–H groups in total. The number of para-hydroxylation sites is 1. The number of hydrogen-bond acceptors (Lipinski definition) is 6. The van der Waals surface area contributed by atoms with Crippen LogP contribution in [0.25, 0.3) is 22.1 Å². The minimum atomic E-state index is -0.338. The van der Waals surface area contributed by atoms with E-state index in [0.29, 0.717) is 5.16 Å². The molecular weight excluding hydrogens is 328 g/mol. The first-order valence-corrected chi connectivity index (χ1v) is 8.38. The Balaban J connectivity index is 1.85. The van der Waals surface area contributed by atoms with Crippen molar-refractivity contribution in [1.82, 2.24) is 30.6 Å². The van der Waals surface area contributed by atoms with Gasteiger partial charge in [0.2, 0.25) is 17.0 Å². The number of aromatic nitrogens is 4. The maximum atomic E-state index is 11.6. The third-order valence-electron chi connectivity index (χ3n) is 3.38. The van der Waals surface area contributed by atoms with Crippen LogP contribution >= 0.6 is 11.8 Å². The molecule has 9 heteroatoms. The van der Waals surface area contributed by atoms with Crippen molar-refractivity contribution in [1.29, 1.82) is 0 Å². The van der Waals surface area contributed by atoms with Crippen molar-refractivity contribution in [2.75, 3.05) is 5.75 Å². The number of rotatable bonds is 4. The molecule has 2 heterocycles. The number of nitrogens with zero attached hydrogens (tertiary/aromatic N) is 4. The number of hydrazine groups is 1. The zero-order valence-corrected chi connectivity index (χ0v) is 14.1. The largest absolute Gasteiger partial charge is 0.324 e. The lowest BCUT2D eigenvalue weighted by Crippen LogP contribution is -2.41. The molecule has 124 valence electrons. The van der Waals surface area contributed by atoms with Gasteiger partial charge in [0, 0.05) is 18.9 Å². The molecule has 0 aliphatic heterocycles. The fraction of sp³-hybridized carbons (Fsp3) is 0.267. The summed E-state index contributed by atoms with van der Waals surface area (Å²) in [5.41, 5.74) is 7.08. The van der Waals surface area contributed by atoms with Gasteiger partial charge in [0.05, 0.1) is 11.3 Å². The lowest BCUT2D eigenvalue weighted by molar-refractivity contribution is -0.126. The topological polar surface area (TPSA) is 102 Å². The highest BCUT2D eigenvalue weighted by atomic mass is 32.2. The Morgan fingerprint density at radius 2 is 2.00 bits per heavy atom. The van der Waals surface area contributed by atoms with Crippen LogP contribution < -0.4 is 10.9 Å². The number of thioether (sulfide) groups is 1. The predicted molar refractivity (Wildman–Crippen MR) is 91.2 cm³/mol. The highest BCUT2D eigenvalue weighted by Crippen LogP contribution is 2.26. The molecule has 3 aromatic rings. The molecule has 8 nitrogen and oxygen atoms in total. The molecule has 2 amide bonds. The molecule has 0 fully saturated rings. The van der Waals surface area contributed by atoms with Gasteiger partial charge < -0.3 is 4.57 Å². The van der Waals surface area contributed by atoms with Gasteiger partial charge in [-0.25, -0.2) is 4.98 Å². The van der Waals surface area contributed by atoms with Crippen LogP contribution in [0.2, 0.25) is 0 Å². The number of nitrogens with one attached hydrogen (secondary N) is 2. The van der Waals surface area contributed by atoms with E-state index in [-0.39, 0.29) is 17.6 Å². The van der Waals surface area contributed by atoms with Gasteiger partial charge in [-0.1, -0.05) is 30.0 Å². The van der Waals surface area contributed by atoms with E-state index in [1.54, 1.807) is 0 Å². The van der Waals surface area contributed by atoms with E-state index in [1.165, 1.54) is 6.92 Å². The zero-order chi connectivity index (χ0) is 17.1. The summed E-state index contributed by atoms with van der Waals surface area (Å²) in [5, 5.41) is 9.79. The number of benzene rings is 1. The average molecular weight is 344 g/mol. The molecule has 0 aliphatic carbocycles. The van der Waals surface area contributed by atoms with Crippen molar-refractivity contribution < 1.29 is 9.59 Å². The molecular formula is C15H16N6O2S. The monoisotopic (exact) mass is 344 g/mol. The lowest BCUT2D eigenvalue weighted by atomic mass is 10.2. The van der Waals surface area contributed by atoms with Gasteiger partial charge in [-0.05, 0) is 13.0 Å². The molecule has 0 bridgehead atoms. The van der Waals surface area contributed by atoms with Crippen molar-refractivity contribution >= 4 is 45.6 Å². The summed E-state index contributed by atoms with van der Waals surface area (Å²) in [7, 11) is 0. The smallest absolute Gasteiger partial charge is 0.248 e. The van der Waals surface area contributed by atoms with Crippen LogP contribution in [0.4, 0.5) is 0 Å². The van der Waals surface area contributed by atoms with E-state index >= 15 is 0 Å². The molecule has 0 radical (unpaired) electrons. The summed E-state index contributed by atoms with van der Waals surface area (Å²) in [4.78, 5) is 26.9. The van der Waals surface area contributed by atoms with E-state index < -0.39 is 0 Å². The van der Waals surface area contributed by atoms with Gasteiger partial charge in [0.15, 0.2) is 5.65 Å². The predicted octanol–water partition coefficient (Wildman–Crippen LogP) is 1.26. The van der Waals surface area contributed by atoms with Crippen molar-refractivity contribution in [2.45, 2.75) is 25.5 Å². The van der Waals surface area contributed by atoms with E-state index in [4.69, 9.17) is 0 Å². The zero-order valence-electron chi connectivity index (χ0n) is 13.2. The van der Waals surface area contributed by atoms with E-state index in [2.05, 4.69) is 30.6 Å². The summed E-state index contributed by atoms with van der Waals surface area (Å²) in [6, 6.07) is 7.95. The molecule has 1 aromatic carbocycles. The molecule has 0 saturated carbocycles. The molecule has 0 saturated heterocycles. The Hall–Kier alpha value is -2.68. The van der Waals surface area contributed by atoms with Gasteiger partial charge in [-0.2, -0.15) is 0 Å². The third kappa shape index (κ3) is 3.16. The van der Waals surface area contributed by atoms with Gasteiger partial charge in [0.25, 0.3) is 0 Å². The first kappa shape index (κ1) is 16.2. The van der Waals surface area contributed by atoms with Gasteiger partial charge in [-0.3, -0.25) is 20.4 Å². The summed E-state index contributed by atoms with van der Waals surface area (Å²) in [6.07, 6.45) is 0. The van der Waals surface area contributed by atoms with Crippen LogP contribution in [0.1, 0.15) is 13.8 Å². The van der Waals surface area contributed by atoms with Crippen LogP contribution in [0.3, 0.4) is 0 Å².